The fourth-order valence-corrected chi connectivity index (χ4v) is 1.01. The second kappa shape index (κ2) is 4.12. The van der Waals surface area contributed by atoms with Gasteiger partial charge in [0.25, 0.3) is 0 Å². The molecule has 0 fully saturated rings. The summed E-state index contributed by atoms with van der Waals surface area (Å²) in [4.78, 5) is 0. The normalized spacial score (nSPS) is 12.6. The van der Waals surface area contributed by atoms with Crippen molar-refractivity contribution in [3.05, 3.63) is 29.8 Å². The van der Waals surface area contributed by atoms with Crippen molar-refractivity contribution in [1.82, 2.24) is 0 Å². The summed E-state index contributed by atoms with van der Waals surface area (Å²) in [5.41, 5.74) is 1.17. The maximum atomic E-state index is 5.17. The predicted molar refractivity (Wildman–Crippen MR) is 48.4 cm³/mol. The lowest BCUT2D eigenvalue weighted by Gasteiger charge is -2.09. The minimum Gasteiger partial charge on any atom is -0.497 e. The molecule has 2 heteroatoms. The van der Waals surface area contributed by atoms with Crippen LogP contribution in [0.15, 0.2) is 24.3 Å². The molecule has 0 heterocycles. The molecule has 0 bridgehead atoms. The van der Waals surface area contributed by atoms with Crippen molar-refractivity contribution in [2.45, 2.75) is 13.0 Å². The Labute approximate surface area is 73.1 Å². The van der Waals surface area contributed by atoms with E-state index in [0.717, 1.165) is 5.75 Å². The molecule has 0 aliphatic rings. The summed E-state index contributed by atoms with van der Waals surface area (Å²) >= 11 is 0. The third-order valence-electron chi connectivity index (χ3n) is 1.94. The number of rotatable bonds is 3. The molecule has 1 atom stereocenters. The molecule has 0 saturated heterocycles. The fourth-order valence-electron chi connectivity index (χ4n) is 1.01. The molecule has 1 rings (SSSR count). The van der Waals surface area contributed by atoms with E-state index in [0.29, 0.717) is 0 Å². The zero-order valence-corrected chi connectivity index (χ0v) is 7.70. The van der Waals surface area contributed by atoms with E-state index in [9.17, 15) is 0 Å². The van der Waals surface area contributed by atoms with Crippen LogP contribution in [0.1, 0.15) is 18.6 Å². The number of hydrogen-bond acceptors (Lipinski definition) is 2. The van der Waals surface area contributed by atoms with Gasteiger partial charge in [0, 0.05) is 7.11 Å². The second-order valence-electron chi connectivity index (χ2n) is 2.65. The van der Waals surface area contributed by atoms with Gasteiger partial charge in [0.2, 0.25) is 0 Å². The van der Waals surface area contributed by atoms with E-state index in [1.54, 1.807) is 14.2 Å². The van der Waals surface area contributed by atoms with Crippen LogP contribution in [0.3, 0.4) is 0 Å². The highest BCUT2D eigenvalue weighted by molar-refractivity contribution is 5.28. The van der Waals surface area contributed by atoms with Gasteiger partial charge in [0.15, 0.2) is 0 Å². The van der Waals surface area contributed by atoms with Crippen LogP contribution in [0, 0.1) is 0 Å². The minimum absolute atomic E-state index is 0.149. The summed E-state index contributed by atoms with van der Waals surface area (Å²) in [6, 6.07) is 7.88. The first kappa shape index (κ1) is 9.07. The molecular formula is C10H14O2. The summed E-state index contributed by atoms with van der Waals surface area (Å²) in [5, 5.41) is 0. The number of hydrogen-bond donors (Lipinski definition) is 0. The number of ether oxygens (including phenoxy) is 2. The van der Waals surface area contributed by atoms with Gasteiger partial charge < -0.3 is 9.47 Å². The van der Waals surface area contributed by atoms with Crippen molar-refractivity contribution in [1.29, 1.82) is 0 Å². The molecule has 0 N–H and O–H groups in total. The molecule has 0 spiro atoms. The zero-order chi connectivity index (χ0) is 8.97. The van der Waals surface area contributed by atoms with Gasteiger partial charge in [0.05, 0.1) is 13.2 Å². The van der Waals surface area contributed by atoms with E-state index in [2.05, 4.69) is 0 Å². The monoisotopic (exact) mass is 166 g/mol. The van der Waals surface area contributed by atoms with Crippen molar-refractivity contribution in [2.75, 3.05) is 14.2 Å². The average molecular weight is 166 g/mol. The van der Waals surface area contributed by atoms with E-state index in [1.165, 1.54) is 5.56 Å². The van der Waals surface area contributed by atoms with Gasteiger partial charge in [-0.25, -0.2) is 0 Å². The van der Waals surface area contributed by atoms with Crippen molar-refractivity contribution < 1.29 is 9.47 Å². The van der Waals surface area contributed by atoms with Gasteiger partial charge in [-0.15, -0.1) is 0 Å². The first-order valence-corrected chi connectivity index (χ1v) is 3.94. The van der Waals surface area contributed by atoms with E-state index in [1.807, 2.05) is 31.2 Å². The van der Waals surface area contributed by atoms with Crippen molar-refractivity contribution in [3.63, 3.8) is 0 Å². The smallest absolute Gasteiger partial charge is 0.118 e. The highest BCUT2D eigenvalue weighted by Crippen LogP contribution is 2.18. The number of benzene rings is 1. The third kappa shape index (κ3) is 1.98. The van der Waals surface area contributed by atoms with E-state index >= 15 is 0 Å². The Morgan fingerprint density at radius 1 is 1.08 bits per heavy atom. The molecule has 0 aliphatic carbocycles. The van der Waals surface area contributed by atoms with Gasteiger partial charge in [0.1, 0.15) is 5.75 Å². The molecule has 0 radical (unpaired) electrons. The van der Waals surface area contributed by atoms with Crippen LogP contribution in [0.5, 0.6) is 5.75 Å². The maximum absolute atomic E-state index is 5.17. The van der Waals surface area contributed by atoms with Gasteiger partial charge in [-0.1, -0.05) is 12.1 Å². The second-order valence-corrected chi connectivity index (χ2v) is 2.65. The Morgan fingerprint density at radius 3 is 2.08 bits per heavy atom. The number of methoxy groups -OCH3 is 2. The SMILES string of the molecule is COc1ccc([C@H](C)OC)cc1. The van der Waals surface area contributed by atoms with Gasteiger partial charge in [-0.3, -0.25) is 0 Å². The molecule has 12 heavy (non-hydrogen) atoms. The van der Waals surface area contributed by atoms with E-state index in [-0.39, 0.29) is 6.10 Å². The quantitative estimate of drug-likeness (QED) is 0.686. The summed E-state index contributed by atoms with van der Waals surface area (Å²) in [6.07, 6.45) is 0.149. The Kier molecular flexibility index (Phi) is 3.11. The van der Waals surface area contributed by atoms with Crippen molar-refractivity contribution in [2.24, 2.45) is 0 Å². The lowest BCUT2D eigenvalue weighted by Crippen LogP contribution is -1.95. The van der Waals surface area contributed by atoms with Crippen LogP contribution >= 0.6 is 0 Å². The van der Waals surface area contributed by atoms with Crippen LogP contribution in [-0.4, -0.2) is 14.2 Å². The zero-order valence-electron chi connectivity index (χ0n) is 7.70. The highest BCUT2D eigenvalue weighted by Gasteiger charge is 2.02. The summed E-state index contributed by atoms with van der Waals surface area (Å²) < 4.78 is 10.2. The molecule has 0 unspecified atom stereocenters. The third-order valence-corrected chi connectivity index (χ3v) is 1.94. The Balaban J connectivity index is 2.77. The van der Waals surface area contributed by atoms with E-state index < -0.39 is 0 Å². The lowest BCUT2D eigenvalue weighted by molar-refractivity contribution is 0.119. The Hall–Kier alpha value is -1.02. The molecule has 0 aliphatic heterocycles. The molecule has 2 nitrogen and oxygen atoms in total. The molecule has 1 aromatic rings. The Bertz CT molecular complexity index is 228. The van der Waals surface area contributed by atoms with Crippen LogP contribution < -0.4 is 4.74 Å². The first-order valence-electron chi connectivity index (χ1n) is 3.94. The summed E-state index contributed by atoms with van der Waals surface area (Å²) in [6.45, 7) is 2.02. The van der Waals surface area contributed by atoms with E-state index in [4.69, 9.17) is 9.47 Å². The average Bonchev–Trinajstić information content (AvgIpc) is 2.17. The molecule has 66 valence electrons. The summed E-state index contributed by atoms with van der Waals surface area (Å²) in [7, 11) is 3.36. The molecule has 1 aromatic carbocycles. The van der Waals surface area contributed by atoms with Gasteiger partial charge in [-0.2, -0.15) is 0 Å². The highest BCUT2D eigenvalue weighted by atomic mass is 16.5. The van der Waals surface area contributed by atoms with Crippen LogP contribution in [0.25, 0.3) is 0 Å². The van der Waals surface area contributed by atoms with Crippen LogP contribution in [0.2, 0.25) is 0 Å². The molecule has 0 aromatic heterocycles. The van der Waals surface area contributed by atoms with Crippen LogP contribution in [0.4, 0.5) is 0 Å². The Morgan fingerprint density at radius 2 is 1.67 bits per heavy atom. The molecule has 0 amide bonds. The van der Waals surface area contributed by atoms with Crippen molar-refractivity contribution in [3.8, 4) is 5.75 Å². The first-order chi connectivity index (χ1) is 5.77. The maximum Gasteiger partial charge on any atom is 0.118 e. The lowest BCUT2D eigenvalue weighted by atomic mass is 10.1. The van der Waals surface area contributed by atoms with Crippen LogP contribution in [-0.2, 0) is 4.74 Å². The van der Waals surface area contributed by atoms with Crippen molar-refractivity contribution >= 4 is 0 Å². The standard InChI is InChI=1S/C10H14O2/c1-8(11-2)9-4-6-10(12-3)7-5-9/h4-8H,1-3H3/t8-/m0/s1. The van der Waals surface area contributed by atoms with Gasteiger partial charge in [-0.05, 0) is 24.6 Å². The molecule has 0 saturated carbocycles. The summed E-state index contributed by atoms with van der Waals surface area (Å²) in [5.74, 6) is 0.877. The largest absolute Gasteiger partial charge is 0.497 e. The molecular weight excluding hydrogens is 152 g/mol. The predicted octanol–water partition coefficient (Wildman–Crippen LogP) is 2.40. The topological polar surface area (TPSA) is 18.5 Å². The van der Waals surface area contributed by atoms with Gasteiger partial charge >= 0.3 is 0 Å². The fraction of sp³-hybridized carbons (Fsp3) is 0.400. The minimum atomic E-state index is 0.149.